The summed E-state index contributed by atoms with van der Waals surface area (Å²) >= 11 is 0. The summed E-state index contributed by atoms with van der Waals surface area (Å²) in [6.45, 7) is 5.44. The number of amides is 2. The SMILES string of the molecule is CCCCC1C(=O)c2cccc3c(N(CCCC)CCCC(=O)ON4C(=O)CCC4=O)ccc(c23)C1=O. The number of nitrogens with zero attached hydrogens (tertiary/aromatic N) is 2. The third kappa shape index (κ3) is 5.43. The molecule has 1 atom stereocenters. The highest BCUT2D eigenvalue weighted by atomic mass is 16.7. The lowest BCUT2D eigenvalue weighted by molar-refractivity contribution is -0.197. The molecule has 37 heavy (non-hydrogen) atoms. The molecule has 2 amide bonds. The Morgan fingerprint density at radius 1 is 0.892 bits per heavy atom. The molecular formula is C29H34N2O6. The number of Topliss-reactive ketones (excluding diaryl/α,β-unsaturated/α-hetero) is 2. The molecule has 0 bridgehead atoms. The van der Waals surface area contributed by atoms with Crippen molar-refractivity contribution >= 4 is 45.8 Å². The third-order valence-corrected chi connectivity index (χ3v) is 7.16. The Hall–Kier alpha value is -3.55. The number of rotatable bonds is 12. The zero-order chi connectivity index (χ0) is 26.5. The highest BCUT2D eigenvalue weighted by Crippen LogP contribution is 2.38. The van der Waals surface area contributed by atoms with E-state index in [2.05, 4.69) is 18.7 Å². The van der Waals surface area contributed by atoms with E-state index < -0.39 is 23.7 Å². The maximum Gasteiger partial charge on any atom is 0.333 e. The molecule has 0 spiro atoms. The molecule has 196 valence electrons. The summed E-state index contributed by atoms with van der Waals surface area (Å²) in [5.74, 6) is -2.41. The van der Waals surface area contributed by atoms with Crippen LogP contribution in [0, 0.1) is 5.92 Å². The number of anilines is 1. The molecule has 1 unspecified atom stereocenters. The van der Waals surface area contributed by atoms with E-state index in [9.17, 15) is 24.0 Å². The van der Waals surface area contributed by atoms with Crippen LogP contribution in [0.1, 0.15) is 92.4 Å². The summed E-state index contributed by atoms with van der Waals surface area (Å²) < 4.78 is 0. The second-order valence-electron chi connectivity index (χ2n) is 9.77. The summed E-state index contributed by atoms with van der Waals surface area (Å²) in [5, 5.41) is 2.15. The van der Waals surface area contributed by atoms with E-state index in [-0.39, 0.29) is 30.8 Å². The van der Waals surface area contributed by atoms with Crippen LogP contribution in [0.25, 0.3) is 10.8 Å². The third-order valence-electron chi connectivity index (χ3n) is 7.16. The molecule has 2 aromatic carbocycles. The Kier molecular flexibility index (Phi) is 8.36. The van der Waals surface area contributed by atoms with E-state index in [1.54, 1.807) is 0 Å². The largest absolute Gasteiger partial charge is 0.371 e. The van der Waals surface area contributed by atoms with E-state index in [1.807, 2.05) is 30.3 Å². The quantitative estimate of drug-likeness (QED) is 0.294. The molecule has 8 heteroatoms. The Balaban J connectivity index is 1.55. The number of hydrogen-bond donors (Lipinski definition) is 0. The molecular weight excluding hydrogens is 472 g/mol. The van der Waals surface area contributed by atoms with E-state index in [1.165, 1.54) is 0 Å². The highest BCUT2D eigenvalue weighted by molar-refractivity contribution is 6.30. The number of benzene rings is 2. The molecule has 1 aliphatic heterocycles. The summed E-state index contributed by atoms with van der Waals surface area (Å²) in [6.07, 6.45) is 4.88. The minimum absolute atomic E-state index is 0.0526. The first-order valence-electron chi connectivity index (χ1n) is 13.3. The second kappa shape index (κ2) is 11.7. The minimum Gasteiger partial charge on any atom is -0.371 e. The average Bonchev–Trinajstić information content (AvgIpc) is 3.21. The van der Waals surface area contributed by atoms with Crippen LogP contribution in [0.2, 0.25) is 0 Å². The van der Waals surface area contributed by atoms with Crippen LogP contribution in [0.15, 0.2) is 30.3 Å². The van der Waals surface area contributed by atoms with Crippen molar-refractivity contribution in [3.05, 3.63) is 41.5 Å². The van der Waals surface area contributed by atoms with Gasteiger partial charge in [0.25, 0.3) is 11.8 Å². The lowest BCUT2D eigenvalue weighted by atomic mass is 9.77. The zero-order valence-electron chi connectivity index (χ0n) is 21.6. The van der Waals surface area contributed by atoms with E-state index in [4.69, 9.17) is 4.84 Å². The van der Waals surface area contributed by atoms with Crippen LogP contribution in [0.5, 0.6) is 0 Å². The Morgan fingerprint density at radius 3 is 2.22 bits per heavy atom. The van der Waals surface area contributed by atoms with Crippen molar-refractivity contribution in [1.29, 1.82) is 0 Å². The van der Waals surface area contributed by atoms with Gasteiger partial charge in [-0.1, -0.05) is 51.3 Å². The van der Waals surface area contributed by atoms with Gasteiger partial charge in [0.2, 0.25) is 0 Å². The lowest BCUT2D eigenvalue weighted by Gasteiger charge is -2.29. The molecule has 1 fully saturated rings. The predicted octanol–water partition coefficient (Wildman–Crippen LogP) is 5.02. The molecule has 1 aliphatic carbocycles. The molecule has 4 rings (SSSR count). The van der Waals surface area contributed by atoms with Crippen molar-refractivity contribution in [2.24, 2.45) is 5.92 Å². The van der Waals surface area contributed by atoms with Crippen molar-refractivity contribution in [2.75, 3.05) is 18.0 Å². The van der Waals surface area contributed by atoms with Crippen LogP contribution in [0.3, 0.4) is 0 Å². The van der Waals surface area contributed by atoms with Gasteiger partial charge in [0.1, 0.15) is 0 Å². The first-order chi connectivity index (χ1) is 17.9. The van der Waals surface area contributed by atoms with Gasteiger partial charge < -0.3 is 9.74 Å². The zero-order valence-corrected chi connectivity index (χ0v) is 21.6. The van der Waals surface area contributed by atoms with E-state index >= 15 is 0 Å². The van der Waals surface area contributed by atoms with Crippen LogP contribution in [-0.4, -0.2) is 47.5 Å². The monoisotopic (exact) mass is 506 g/mol. The molecule has 2 aromatic rings. The molecule has 1 saturated heterocycles. The highest BCUT2D eigenvalue weighted by Gasteiger charge is 2.36. The molecule has 0 N–H and O–H groups in total. The van der Waals surface area contributed by atoms with Crippen molar-refractivity contribution in [3.8, 4) is 0 Å². The number of unbranched alkanes of at least 4 members (excludes halogenated alkanes) is 2. The van der Waals surface area contributed by atoms with Gasteiger partial charge in [0, 0.05) is 59.9 Å². The summed E-state index contributed by atoms with van der Waals surface area (Å²) in [7, 11) is 0. The molecule has 2 aliphatic rings. The van der Waals surface area contributed by atoms with Crippen LogP contribution in [0.4, 0.5) is 5.69 Å². The smallest absolute Gasteiger partial charge is 0.333 e. The number of hydroxylamine groups is 2. The van der Waals surface area contributed by atoms with E-state index in [0.29, 0.717) is 35.6 Å². The fourth-order valence-corrected chi connectivity index (χ4v) is 5.16. The number of imide groups is 1. The van der Waals surface area contributed by atoms with Crippen molar-refractivity contribution in [2.45, 2.75) is 71.6 Å². The summed E-state index contributed by atoms with van der Waals surface area (Å²) in [4.78, 5) is 69.4. The van der Waals surface area contributed by atoms with Crippen molar-refractivity contribution < 1.29 is 28.8 Å². The van der Waals surface area contributed by atoms with Crippen LogP contribution >= 0.6 is 0 Å². The number of ketones is 2. The van der Waals surface area contributed by atoms with Crippen LogP contribution < -0.4 is 4.90 Å². The molecule has 0 aromatic heterocycles. The first-order valence-corrected chi connectivity index (χ1v) is 13.3. The minimum atomic E-state index is -0.620. The topological polar surface area (TPSA) is 101 Å². The fraction of sp³-hybridized carbons (Fsp3) is 0.483. The van der Waals surface area contributed by atoms with Gasteiger partial charge in [-0.2, -0.15) is 0 Å². The molecule has 8 nitrogen and oxygen atoms in total. The molecule has 0 saturated carbocycles. The van der Waals surface area contributed by atoms with Gasteiger partial charge in [0.15, 0.2) is 11.6 Å². The summed E-state index contributed by atoms with van der Waals surface area (Å²) in [5.41, 5.74) is 2.13. The standard InChI is InChI=1S/C29H34N2O6/c1-3-5-9-22-28(35)20-11-7-10-19-23(14-13-21(27(19)20)29(22)36)30(17-6-4-2)18-8-12-26(34)37-31-24(32)15-16-25(31)33/h7,10-11,13-14,22H,3-6,8-9,12,15-18H2,1-2H3. The maximum absolute atomic E-state index is 13.3. The van der Waals surface area contributed by atoms with Gasteiger partial charge in [-0.25, -0.2) is 4.79 Å². The van der Waals surface area contributed by atoms with Crippen LogP contribution in [-0.2, 0) is 19.2 Å². The van der Waals surface area contributed by atoms with Crippen molar-refractivity contribution in [3.63, 3.8) is 0 Å². The Morgan fingerprint density at radius 2 is 1.54 bits per heavy atom. The van der Waals surface area contributed by atoms with Gasteiger partial charge >= 0.3 is 5.97 Å². The maximum atomic E-state index is 13.3. The number of hydrogen-bond acceptors (Lipinski definition) is 7. The predicted molar refractivity (Wildman–Crippen MR) is 139 cm³/mol. The average molecular weight is 507 g/mol. The Labute approximate surface area is 216 Å². The normalized spacial score (nSPS) is 17.1. The number of carbonyl (C=O) groups is 5. The summed E-state index contributed by atoms with van der Waals surface area (Å²) in [6, 6.07) is 9.42. The second-order valence-corrected chi connectivity index (χ2v) is 9.77. The van der Waals surface area contributed by atoms with Gasteiger partial charge in [0.05, 0.1) is 5.92 Å². The first kappa shape index (κ1) is 26.5. The molecule has 1 heterocycles. The van der Waals surface area contributed by atoms with Gasteiger partial charge in [-0.15, -0.1) is 5.06 Å². The van der Waals surface area contributed by atoms with Crippen molar-refractivity contribution in [1.82, 2.24) is 5.06 Å². The van der Waals surface area contributed by atoms with E-state index in [0.717, 1.165) is 48.7 Å². The Bertz CT molecular complexity index is 1200. The number of carbonyl (C=O) groups excluding carboxylic acids is 5. The van der Waals surface area contributed by atoms with Gasteiger partial charge in [-0.3, -0.25) is 19.2 Å². The lowest BCUT2D eigenvalue weighted by Crippen LogP contribution is -2.32. The van der Waals surface area contributed by atoms with Gasteiger partial charge in [-0.05, 0) is 31.4 Å². The fourth-order valence-electron chi connectivity index (χ4n) is 5.16. The molecule has 0 radical (unpaired) electrons.